The Balaban J connectivity index is 2.24. The second kappa shape index (κ2) is 12.4. The number of amides is 2. The van der Waals surface area contributed by atoms with E-state index < -0.39 is 23.5 Å². The maximum atomic E-state index is 13.1. The van der Waals surface area contributed by atoms with Crippen LogP contribution in [0.15, 0.2) is 36.4 Å². The van der Waals surface area contributed by atoms with E-state index in [0.717, 1.165) is 6.42 Å². The minimum Gasteiger partial charge on any atom is -0.490 e. The van der Waals surface area contributed by atoms with Crippen molar-refractivity contribution in [3.05, 3.63) is 62.1 Å². The van der Waals surface area contributed by atoms with Crippen LogP contribution in [0.1, 0.15) is 32.8 Å². The number of nitrogens with one attached hydrogen (secondary N) is 1. The Labute approximate surface area is 208 Å². The summed E-state index contributed by atoms with van der Waals surface area (Å²) in [4.78, 5) is 37.8. The monoisotopic (exact) mass is 511 g/mol. The second-order valence-corrected chi connectivity index (χ2v) is 8.47. The normalized spacial score (nSPS) is 12.4. The minimum atomic E-state index is -0.816. The van der Waals surface area contributed by atoms with E-state index in [2.05, 4.69) is 5.32 Å². The highest BCUT2D eigenvalue weighted by Crippen LogP contribution is 2.31. The van der Waals surface area contributed by atoms with Gasteiger partial charge in [-0.2, -0.15) is 0 Å². The summed E-state index contributed by atoms with van der Waals surface area (Å²) in [6.45, 7) is 5.08. The van der Waals surface area contributed by atoms with Gasteiger partial charge in [-0.25, -0.2) is 0 Å². The molecule has 0 heterocycles. The van der Waals surface area contributed by atoms with E-state index in [-0.39, 0.29) is 35.7 Å². The topological polar surface area (TPSA) is 111 Å². The predicted molar refractivity (Wildman–Crippen MR) is 130 cm³/mol. The van der Waals surface area contributed by atoms with Crippen LogP contribution < -0.4 is 14.8 Å². The van der Waals surface area contributed by atoms with Crippen molar-refractivity contribution < 1.29 is 24.0 Å². The number of ether oxygens (including phenoxy) is 2. The fourth-order valence-corrected chi connectivity index (χ4v) is 3.48. The number of carbonyl (C=O) groups excluding carboxylic acids is 2. The second-order valence-electron chi connectivity index (χ2n) is 7.63. The number of halogens is 2. The third kappa shape index (κ3) is 7.23. The number of carbonyl (C=O) groups is 2. The van der Waals surface area contributed by atoms with Gasteiger partial charge in [-0.1, -0.05) is 36.2 Å². The molecule has 0 saturated carbocycles. The molecule has 2 rings (SSSR count). The summed E-state index contributed by atoms with van der Waals surface area (Å²) in [5, 5.41) is 14.8. The highest BCUT2D eigenvalue weighted by Gasteiger charge is 2.28. The molecule has 2 atom stereocenters. The van der Waals surface area contributed by atoms with Crippen LogP contribution in [0, 0.1) is 10.1 Å². The van der Waals surface area contributed by atoms with Crippen molar-refractivity contribution >= 4 is 40.7 Å². The van der Waals surface area contributed by atoms with Crippen LogP contribution in [-0.4, -0.2) is 47.4 Å². The van der Waals surface area contributed by atoms with E-state index in [4.69, 9.17) is 32.7 Å². The van der Waals surface area contributed by atoms with Crippen LogP contribution in [0.5, 0.6) is 11.5 Å². The summed E-state index contributed by atoms with van der Waals surface area (Å²) in [7, 11) is 1.30. The van der Waals surface area contributed by atoms with Gasteiger partial charge in [-0.15, -0.1) is 0 Å². The fourth-order valence-electron chi connectivity index (χ4n) is 3.01. The molecular weight excluding hydrogens is 485 g/mol. The molecule has 0 aromatic heterocycles. The molecule has 11 heteroatoms. The van der Waals surface area contributed by atoms with Crippen LogP contribution in [0.3, 0.4) is 0 Å². The summed E-state index contributed by atoms with van der Waals surface area (Å²) >= 11 is 12.3. The number of nitro benzene ring substituents is 1. The third-order valence-electron chi connectivity index (χ3n) is 5.23. The molecule has 2 aromatic rings. The van der Waals surface area contributed by atoms with Crippen LogP contribution in [0.4, 0.5) is 5.69 Å². The highest BCUT2D eigenvalue weighted by molar-refractivity contribution is 6.35. The molecule has 0 bridgehead atoms. The molecular formula is C23H27Cl2N3O6. The lowest BCUT2D eigenvalue weighted by atomic mass is 10.1. The Morgan fingerprint density at radius 3 is 2.47 bits per heavy atom. The van der Waals surface area contributed by atoms with Gasteiger partial charge < -0.3 is 19.7 Å². The lowest BCUT2D eigenvalue weighted by Gasteiger charge is -2.30. The van der Waals surface area contributed by atoms with Gasteiger partial charge in [0.2, 0.25) is 11.7 Å². The maximum Gasteiger partial charge on any atom is 0.311 e. The average Bonchev–Trinajstić information content (AvgIpc) is 2.81. The van der Waals surface area contributed by atoms with Crippen LogP contribution in [-0.2, 0) is 16.1 Å². The van der Waals surface area contributed by atoms with E-state index in [9.17, 15) is 19.7 Å². The van der Waals surface area contributed by atoms with Crippen molar-refractivity contribution in [1.82, 2.24) is 10.2 Å². The third-order valence-corrected chi connectivity index (χ3v) is 5.82. The Morgan fingerprint density at radius 1 is 1.18 bits per heavy atom. The largest absolute Gasteiger partial charge is 0.490 e. The van der Waals surface area contributed by atoms with E-state index >= 15 is 0 Å². The van der Waals surface area contributed by atoms with Gasteiger partial charge in [-0.3, -0.25) is 19.7 Å². The van der Waals surface area contributed by atoms with Gasteiger partial charge in [0, 0.05) is 34.8 Å². The molecule has 0 aliphatic heterocycles. The number of rotatable bonds is 11. The van der Waals surface area contributed by atoms with Crippen LogP contribution in [0.2, 0.25) is 10.0 Å². The van der Waals surface area contributed by atoms with Crippen molar-refractivity contribution in [2.75, 3.05) is 13.7 Å². The van der Waals surface area contributed by atoms with Crippen LogP contribution >= 0.6 is 23.2 Å². The number of methoxy groups -OCH3 is 1. The van der Waals surface area contributed by atoms with Crippen molar-refractivity contribution in [1.29, 1.82) is 0 Å². The first-order chi connectivity index (χ1) is 16.1. The smallest absolute Gasteiger partial charge is 0.311 e. The van der Waals surface area contributed by atoms with Gasteiger partial charge in [0.25, 0.3) is 5.91 Å². The van der Waals surface area contributed by atoms with E-state index in [1.54, 1.807) is 25.1 Å². The van der Waals surface area contributed by atoms with Gasteiger partial charge in [0.15, 0.2) is 6.61 Å². The predicted octanol–water partition coefficient (Wildman–Crippen LogP) is 4.62. The number of nitro groups is 1. The van der Waals surface area contributed by atoms with Crippen LogP contribution in [0.25, 0.3) is 0 Å². The minimum absolute atomic E-state index is 0.000972. The van der Waals surface area contributed by atoms with Gasteiger partial charge in [-0.05, 0) is 44.0 Å². The number of hydrogen-bond donors (Lipinski definition) is 1. The van der Waals surface area contributed by atoms with E-state index in [0.29, 0.717) is 15.6 Å². The summed E-state index contributed by atoms with van der Waals surface area (Å²) in [6, 6.07) is 7.94. The Morgan fingerprint density at radius 2 is 1.88 bits per heavy atom. The lowest BCUT2D eigenvalue weighted by Crippen LogP contribution is -2.50. The molecule has 0 radical (unpaired) electrons. The zero-order chi connectivity index (χ0) is 25.4. The summed E-state index contributed by atoms with van der Waals surface area (Å²) in [5.41, 5.74) is 0.384. The zero-order valence-corrected chi connectivity index (χ0v) is 20.9. The first kappa shape index (κ1) is 27.2. The molecule has 0 unspecified atom stereocenters. The quantitative estimate of drug-likeness (QED) is 0.348. The first-order valence-electron chi connectivity index (χ1n) is 10.6. The summed E-state index contributed by atoms with van der Waals surface area (Å²) in [5.74, 6) is -0.585. The summed E-state index contributed by atoms with van der Waals surface area (Å²) in [6.07, 6.45) is 0.737. The Kier molecular flexibility index (Phi) is 9.95. The lowest BCUT2D eigenvalue weighted by molar-refractivity contribution is -0.385. The molecule has 0 spiro atoms. The Bertz CT molecular complexity index is 1050. The molecule has 1 N–H and O–H groups in total. The van der Waals surface area contributed by atoms with E-state index in [1.807, 2.05) is 13.8 Å². The number of nitrogens with zero attached hydrogens (tertiary/aromatic N) is 2. The standard InChI is InChI=1S/C23H27Cl2N3O6/c1-5-14(2)26-23(30)15(3)27(12-16-6-7-17(24)10-19(16)25)22(29)13-34-18-8-9-20(28(31)32)21(11-18)33-4/h6-11,14-15H,5,12-13H2,1-4H3,(H,26,30)/t14-,15+/m0/s1. The molecule has 0 aliphatic rings. The first-order valence-corrected chi connectivity index (χ1v) is 11.3. The number of benzene rings is 2. The maximum absolute atomic E-state index is 13.1. The van der Waals surface area contributed by atoms with Crippen molar-refractivity contribution in [3.8, 4) is 11.5 Å². The number of hydrogen-bond acceptors (Lipinski definition) is 6. The molecule has 9 nitrogen and oxygen atoms in total. The van der Waals surface area contributed by atoms with Crippen molar-refractivity contribution in [3.63, 3.8) is 0 Å². The summed E-state index contributed by atoms with van der Waals surface area (Å²) < 4.78 is 10.6. The molecule has 184 valence electrons. The SMILES string of the molecule is CC[C@H](C)NC(=O)[C@@H](C)N(Cc1ccc(Cl)cc1Cl)C(=O)COc1ccc([N+](=O)[O-])c(OC)c1. The molecule has 34 heavy (non-hydrogen) atoms. The molecule has 2 aromatic carbocycles. The Hall–Kier alpha value is -3.04. The molecule has 2 amide bonds. The molecule has 0 saturated heterocycles. The average molecular weight is 512 g/mol. The zero-order valence-electron chi connectivity index (χ0n) is 19.3. The van der Waals surface area contributed by atoms with Crippen molar-refractivity contribution in [2.45, 2.75) is 45.8 Å². The van der Waals surface area contributed by atoms with Gasteiger partial charge in [0.05, 0.1) is 12.0 Å². The van der Waals surface area contributed by atoms with Crippen molar-refractivity contribution in [2.24, 2.45) is 0 Å². The van der Waals surface area contributed by atoms with Gasteiger partial charge >= 0.3 is 5.69 Å². The van der Waals surface area contributed by atoms with Gasteiger partial charge in [0.1, 0.15) is 11.8 Å². The molecule has 0 aliphatic carbocycles. The fraction of sp³-hybridized carbons (Fsp3) is 0.391. The molecule has 0 fully saturated rings. The van der Waals surface area contributed by atoms with E-state index in [1.165, 1.54) is 30.2 Å². The highest BCUT2D eigenvalue weighted by atomic mass is 35.5.